The molecule has 33 heavy (non-hydrogen) atoms. The smallest absolute Gasteiger partial charge is 0.327 e. The second-order valence-corrected chi connectivity index (χ2v) is 7.41. The first kappa shape index (κ1) is 24.1. The Labute approximate surface area is 193 Å². The Hall–Kier alpha value is -3.60. The molecule has 0 unspecified atom stereocenters. The second-order valence-electron chi connectivity index (χ2n) is 7.01. The number of ether oxygens (including phenoxy) is 3. The molecule has 3 rings (SSSR count). The maximum Gasteiger partial charge on any atom is 0.327 e. The van der Waals surface area contributed by atoms with Crippen LogP contribution in [0.1, 0.15) is 20.7 Å². The summed E-state index contributed by atoms with van der Waals surface area (Å²) < 4.78 is 28.8. The number of carbonyl (C=O) groups excluding carboxylic acids is 2. The third kappa shape index (κ3) is 4.63. The largest absolute Gasteiger partial charge is 0.493 e. The van der Waals surface area contributed by atoms with Crippen molar-refractivity contribution in [3.05, 3.63) is 56.3 Å². The molecule has 0 aromatic heterocycles. The first-order valence-electron chi connectivity index (χ1n) is 9.74. The first-order valence-corrected chi connectivity index (χ1v) is 10.1. The third-order valence-electron chi connectivity index (χ3n) is 5.23. The van der Waals surface area contributed by atoms with Crippen LogP contribution in [0.3, 0.4) is 0 Å². The minimum absolute atomic E-state index is 0.00478. The number of amides is 2. The van der Waals surface area contributed by atoms with E-state index in [0.717, 1.165) is 12.1 Å². The lowest BCUT2D eigenvalue weighted by Crippen LogP contribution is -2.50. The van der Waals surface area contributed by atoms with Gasteiger partial charge in [-0.2, -0.15) is 0 Å². The molecule has 0 N–H and O–H groups in total. The number of piperazine rings is 1. The Bertz CT molecular complexity index is 1100. The standard InChI is InChI=1S/C21H21ClFN3O7/c1-31-16-11-14(17(26(29)30)19(33-3)18(16)32-2)21(28)25-8-6-24(7-9-25)20(27)13-5-4-12(23)10-15(13)22/h4-5,10-11H,6-9H2,1-3H3. The topological polar surface area (TPSA) is 111 Å². The van der Waals surface area contributed by atoms with Gasteiger partial charge in [-0.25, -0.2) is 4.39 Å². The van der Waals surface area contributed by atoms with Crippen LogP contribution in [0.15, 0.2) is 24.3 Å². The molecule has 2 aromatic carbocycles. The van der Waals surface area contributed by atoms with E-state index in [9.17, 15) is 24.1 Å². The molecule has 1 saturated heterocycles. The molecule has 1 aliphatic rings. The summed E-state index contributed by atoms with van der Waals surface area (Å²) in [7, 11) is 3.86. The van der Waals surface area contributed by atoms with E-state index in [0.29, 0.717) is 0 Å². The zero-order chi connectivity index (χ0) is 24.3. The van der Waals surface area contributed by atoms with Gasteiger partial charge >= 0.3 is 5.69 Å². The summed E-state index contributed by atoms with van der Waals surface area (Å²) in [6, 6.07) is 4.73. The van der Waals surface area contributed by atoms with Crippen LogP contribution in [0.5, 0.6) is 17.2 Å². The minimum atomic E-state index is -0.718. The zero-order valence-corrected chi connectivity index (χ0v) is 18.8. The normalized spacial score (nSPS) is 13.5. The predicted molar refractivity (Wildman–Crippen MR) is 116 cm³/mol. The van der Waals surface area contributed by atoms with Gasteiger partial charge in [0.1, 0.15) is 11.4 Å². The molecule has 1 heterocycles. The van der Waals surface area contributed by atoms with Crippen molar-refractivity contribution >= 4 is 29.1 Å². The molecular weight excluding hydrogens is 461 g/mol. The predicted octanol–water partition coefficient (Wildman–Crippen LogP) is 3.01. The fourth-order valence-electron chi connectivity index (χ4n) is 3.60. The summed E-state index contributed by atoms with van der Waals surface area (Å²) in [6.45, 7) is 0.571. The highest BCUT2D eigenvalue weighted by Crippen LogP contribution is 2.46. The van der Waals surface area contributed by atoms with E-state index in [1.165, 1.54) is 43.3 Å². The number of hydrogen-bond acceptors (Lipinski definition) is 7. The van der Waals surface area contributed by atoms with Crippen LogP contribution in [0, 0.1) is 15.9 Å². The Kier molecular flexibility index (Phi) is 7.22. The van der Waals surface area contributed by atoms with Gasteiger partial charge in [0.05, 0.1) is 36.8 Å². The lowest BCUT2D eigenvalue weighted by Gasteiger charge is -2.35. The summed E-state index contributed by atoms with van der Waals surface area (Å²) in [5.74, 6) is -1.71. The molecule has 12 heteroatoms. The van der Waals surface area contributed by atoms with Gasteiger partial charge in [-0.3, -0.25) is 19.7 Å². The average Bonchev–Trinajstić information content (AvgIpc) is 2.81. The molecule has 10 nitrogen and oxygen atoms in total. The summed E-state index contributed by atoms with van der Waals surface area (Å²) >= 11 is 5.98. The SMILES string of the molecule is COc1cc(C(=O)N2CCN(C(=O)c3ccc(F)cc3Cl)CC2)c([N+](=O)[O-])c(OC)c1OC. The Morgan fingerprint density at radius 3 is 1.94 bits per heavy atom. The van der Waals surface area contributed by atoms with Gasteiger partial charge in [-0.05, 0) is 18.2 Å². The second kappa shape index (κ2) is 9.90. The number of nitro groups is 1. The summed E-state index contributed by atoms with van der Waals surface area (Å²) in [4.78, 5) is 39.9. The summed E-state index contributed by atoms with van der Waals surface area (Å²) in [6.07, 6.45) is 0. The van der Waals surface area contributed by atoms with E-state index in [1.54, 1.807) is 0 Å². The number of carbonyl (C=O) groups is 2. The van der Waals surface area contributed by atoms with E-state index in [2.05, 4.69) is 0 Å². The Morgan fingerprint density at radius 1 is 0.939 bits per heavy atom. The maximum atomic E-state index is 13.3. The molecule has 1 aliphatic heterocycles. The molecule has 2 amide bonds. The quantitative estimate of drug-likeness (QED) is 0.460. The summed E-state index contributed by atoms with van der Waals surface area (Å²) in [5, 5.41) is 11.8. The number of halogens is 2. The van der Waals surface area contributed by atoms with Gasteiger partial charge < -0.3 is 24.0 Å². The van der Waals surface area contributed by atoms with E-state index in [1.807, 2.05) is 0 Å². The lowest BCUT2D eigenvalue weighted by atomic mass is 10.1. The number of hydrogen-bond donors (Lipinski definition) is 0. The molecule has 0 aliphatic carbocycles. The third-order valence-corrected chi connectivity index (χ3v) is 5.55. The highest BCUT2D eigenvalue weighted by molar-refractivity contribution is 6.33. The highest BCUT2D eigenvalue weighted by atomic mass is 35.5. The molecule has 0 saturated carbocycles. The average molecular weight is 482 g/mol. The fourth-order valence-corrected chi connectivity index (χ4v) is 3.85. The molecule has 0 spiro atoms. The van der Waals surface area contributed by atoms with Crippen molar-refractivity contribution < 1.29 is 33.1 Å². The Morgan fingerprint density at radius 2 is 1.48 bits per heavy atom. The van der Waals surface area contributed by atoms with Gasteiger partial charge in [-0.1, -0.05) is 11.6 Å². The molecule has 176 valence electrons. The van der Waals surface area contributed by atoms with Gasteiger partial charge in [0.25, 0.3) is 11.8 Å². The van der Waals surface area contributed by atoms with Crippen LogP contribution in [0.4, 0.5) is 10.1 Å². The van der Waals surface area contributed by atoms with Gasteiger partial charge in [0.2, 0.25) is 11.5 Å². The van der Waals surface area contributed by atoms with Crippen molar-refractivity contribution in [3.8, 4) is 17.2 Å². The lowest BCUT2D eigenvalue weighted by molar-refractivity contribution is -0.386. The van der Waals surface area contributed by atoms with Crippen LogP contribution >= 0.6 is 11.6 Å². The van der Waals surface area contributed by atoms with E-state index >= 15 is 0 Å². The monoisotopic (exact) mass is 481 g/mol. The van der Waals surface area contributed by atoms with Gasteiger partial charge in [0, 0.05) is 32.2 Å². The zero-order valence-electron chi connectivity index (χ0n) is 18.1. The maximum absolute atomic E-state index is 13.3. The number of nitrogens with zero attached hydrogens (tertiary/aromatic N) is 3. The van der Waals surface area contributed by atoms with Crippen molar-refractivity contribution in [1.29, 1.82) is 0 Å². The summed E-state index contributed by atoms with van der Waals surface area (Å²) in [5.41, 5.74) is -0.620. The van der Waals surface area contributed by atoms with E-state index in [-0.39, 0.29) is 59.6 Å². The van der Waals surface area contributed by atoms with Crippen molar-refractivity contribution in [2.75, 3.05) is 47.5 Å². The van der Waals surface area contributed by atoms with E-state index in [4.69, 9.17) is 25.8 Å². The number of methoxy groups -OCH3 is 3. The number of benzene rings is 2. The number of rotatable bonds is 6. The van der Waals surface area contributed by atoms with Gasteiger partial charge in [0.15, 0.2) is 5.75 Å². The van der Waals surface area contributed by atoms with Crippen LogP contribution in [-0.4, -0.2) is 74.0 Å². The Balaban J connectivity index is 1.84. The van der Waals surface area contributed by atoms with Crippen molar-refractivity contribution in [1.82, 2.24) is 9.80 Å². The van der Waals surface area contributed by atoms with Crippen LogP contribution in [0.25, 0.3) is 0 Å². The molecule has 0 atom stereocenters. The fraction of sp³-hybridized carbons (Fsp3) is 0.333. The van der Waals surface area contributed by atoms with E-state index < -0.39 is 28.2 Å². The highest BCUT2D eigenvalue weighted by Gasteiger charge is 2.35. The molecule has 0 bridgehead atoms. The van der Waals surface area contributed by atoms with Crippen molar-refractivity contribution in [2.45, 2.75) is 0 Å². The molecule has 2 aromatic rings. The molecule has 1 fully saturated rings. The van der Waals surface area contributed by atoms with Gasteiger partial charge in [-0.15, -0.1) is 0 Å². The van der Waals surface area contributed by atoms with Crippen LogP contribution in [-0.2, 0) is 0 Å². The van der Waals surface area contributed by atoms with Crippen molar-refractivity contribution in [2.24, 2.45) is 0 Å². The molecule has 0 radical (unpaired) electrons. The van der Waals surface area contributed by atoms with Crippen molar-refractivity contribution in [3.63, 3.8) is 0 Å². The molecular formula is C21H21ClFN3O7. The van der Waals surface area contributed by atoms with Crippen LogP contribution in [0.2, 0.25) is 5.02 Å². The first-order chi connectivity index (χ1) is 15.7. The number of nitro benzene ring substituents is 1. The van der Waals surface area contributed by atoms with Crippen LogP contribution < -0.4 is 14.2 Å². The minimum Gasteiger partial charge on any atom is -0.493 e.